The Morgan fingerprint density at radius 2 is 2.00 bits per heavy atom. The predicted molar refractivity (Wildman–Crippen MR) is 73.3 cm³/mol. The molecule has 114 valence electrons. The van der Waals surface area contributed by atoms with Crippen molar-refractivity contribution in [2.24, 2.45) is 0 Å². The van der Waals surface area contributed by atoms with Crippen molar-refractivity contribution in [1.82, 2.24) is 4.90 Å². The summed E-state index contributed by atoms with van der Waals surface area (Å²) in [5.41, 5.74) is 0.321. The van der Waals surface area contributed by atoms with Gasteiger partial charge in [0.25, 0.3) is 0 Å². The van der Waals surface area contributed by atoms with Gasteiger partial charge in [-0.1, -0.05) is 18.2 Å². The van der Waals surface area contributed by atoms with Gasteiger partial charge in [0, 0.05) is 5.56 Å². The van der Waals surface area contributed by atoms with E-state index in [-0.39, 0.29) is 12.5 Å². The Bertz CT molecular complexity index is 546. The Balaban J connectivity index is 2.34. The molecule has 1 aliphatic heterocycles. The fourth-order valence-electron chi connectivity index (χ4n) is 2.62. The molecule has 2 unspecified atom stereocenters. The van der Waals surface area contributed by atoms with Gasteiger partial charge in [-0.2, -0.15) is 0 Å². The molecule has 0 saturated carbocycles. The summed E-state index contributed by atoms with van der Waals surface area (Å²) in [5.74, 6) is -1.55. The molecular formula is C15H18FNO4. The smallest absolute Gasteiger partial charge is 0.411 e. The number of likely N-dealkylation sites (tertiary alicyclic amines) is 1. The van der Waals surface area contributed by atoms with Gasteiger partial charge in [0.2, 0.25) is 0 Å². The van der Waals surface area contributed by atoms with Crippen LogP contribution in [0.2, 0.25) is 0 Å². The van der Waals surface area contributed by atoms with E-state index >= 15 is 0 Å². The number of carbonyl (C=O) groups excluding carboxylic acids is 1. The number of carboxylic acid groups (broad SMARTS) is 1. The van der Waals surface area contributed by atoms with Crippen LogP contribution in [0.25, 0.3) is 0 Å². The number of carboxylic acids is 1. The van der Waals surface area contributed by atoms with Crippen LogP contribution in [-0.2, 0) is 9.53 Å². The molecule has 1 fully saturated rings. The van der Waals surface area contributed by atoms with E-state index in [9.17, 15) is 19.1 Å². The monoisotopic (exact) mass is 295 g/mol. The van der Waals surface area contributed by atoms with E-state index in [2.05, 4.69) is 0 Å². The lowest BCUT2D eigenvalue weighted by atomic mass is 10.0. The molecule has 21 heavy (non-hydrogen) atoms. The third kappa shape index (κ3) is 3.15. The number of amides is 1. The van der Waals surface area contributed by atoms with Crippen LogP contribution in [-0.4, -0.2) is 34.2 Å². The van der Waals surface area contributed by atoms with Gasteiger partial charge in [0.1, 0.15) is 11.9 Å². The summed E-state index contributed by atoms with van der Waals surface area (Å²) >= 11 is 0. The van der Waals surface area contributed by atoms with Gasteiger partial charge in [-0.15, -0.1) is 0 Å². The molecular weight excluding hydrogens is 277 g/mol. The van der Waals surface area contributed by atoms with Gasteiger partial charge in [0.15, 0.2) is 0 Å². The number of rotatable bonds is 3. The molecule has 0 spiro atoms. The van der Waals surface area contributed by atoms with Crippen molar-refractivity contribution in [3.63, 3.8) is 0 Å². The molecule has 1 aromatic rings. The van der Waals surface area contributed by atoms with Crippen LogP contribution < -0.4 is 0 Å². The normalized spacial score (nSPS) is 21.6. The zero-order valence-corrected chi connectivity index (χ0v) is 12.0. The number of ether oxygens (including phenoxy) is 1. The summed E-state index contributed by atoms with van der Waals surface area (Å²) < 4.78 is 19.1. The highest BCUT2D eigenvalue weighted by atomic mass is 19.1. The standard InChI is InChI=1S/C15H18FNO4/c1-9(2)21-15(20)17-12(7-8-13(17)14(18)19)10-5-3-4-6-11(10)16/h3-6,9,12-13H,7-8H2,1-2H3,(H,18,19). The largest absolute Gasteiger partial charge is 0.480 e. The third-order valence-electron chi connectivity index (χ3n) is 3.48. The van der Waals surface area contributed by atoms with E-state index in [1.807, 2.05) is 0 Å². The minimum absolute atomic E-state index is 0.279. The highest BCUT2D eigenvalue weighted by Gasteiger charge is 2.43. The number of carbonyl (C=O) groups is 2. The Morgan fingerprint density at radius 1 is 1.33 bits per heavy atom. The SMILES string of the molecule is CC(C)OC(=O)N1C(C(=O)O)CCC1c1ccccc1F. The molecule has 2 rings (SSSR count). The highest BCUT2D eigenvalue weighted by molar-refractivity contribution is 5.81. The van der Waals surface area contributed by atoms with Gasteiger partial charge in [-0.3, -0.25) is 4.90 Å². The van der Waals surface area contributed by atoms with Gasteiger partial charge in [-0.25, -0.2) is 14.0 Å². The molecule has 1 heterocycles. The lowest BCUT2D eigenvalue weighted by Gasteiger charge is -2.28. The van der Waals surface area contributed by atoms with E-state index in [0.717, 1.165) is 4.90 Å². The summed E-state index contributed by atoms with van der Waals surface area (Å²) in [5, 5.41) is 9.26. The maximum atomic E-state index is 13.9. The molecule has 1 aliphatic rings. The van der Waals surface area contributed by atoms with Crippen molar-refractivity contribution in [3.8, 4) is 0 Å². The summed E-state index contributed by atoms with van der Waals surface area (Å²) in [6.07, 6.45) is -0.413. The first kappa shape index (κ1) is 15.3. The third-order valence-corrected chi connectivity index (χ3v) is 3.48. The van der Waals surface area contributed by atoms with Crippen molar-refractivity contribution in [2.45, 2.75) is 44.9 Å². The Kier molecular flexibility index (Phi) is 4.45. The summed E-state index contributed by atoms with van der Waals surface area (Å²) in [6.45, 7) is 3.36. The molecule has 6 heteroatoms. The first-order valence-corrected chi connectivity index (χ1v) is 6.88. The number of hydrogen-bond acceptors (Lipinski definition) is 3. The highest BCUT2D eigenvalue weighted by Crippen LogP contribution is 2.37. The van der Waals surface area contributed by atoms with Crippen LogP contribution in [0.1, 0.15) is 38.3 Å². The molecule has 1 saturated heterocycles. The molecule has 0 aromatic heterocycles. The molecule has 1 N–H and O–H groups in total. The maximum Gasteiger partial charge on any atom is 0.411 e. The lowest BCUT2D eigenvalue weighted by Crippen LogP contribution is -2.43. The number of hydrogen-bond donors (Lipinski definition) is 1. The van der Waals surface area contributed by atoms with E-state index in [1.165, 1.54) is 6.07 Å². The second-order valence-corrected chi connectivity index (χ2v) is 5.31. The summed E-state index contributed by atoms with van der Waals surface area (Å²) in [6, 6.07) is 4.49. The molecule has 1 aromatic carbocycles. The second-order valence-electron chi connectivity index (χ2n) is 5.31. The molecule has 2 atom stereocenters. The van der Waals surface area contributed by atoms with Crippen molar-refractivity contribution < 1.29 is 23.8 Å². The number of aliphatic carboxylic acids is 1. The minimum atomic E-state index is -1.10. The summed E-state index contributed by atoms with van der Waals surface area (Å²) in [4.78, 5) is 24.6. The van der Waals surface area contributed by atoms with E-state index in [0.29, 0.717) is 12.0 Å². The van der Waals surface area contributed by atoms with Crippen molar-refractivity contribution in [1.29, 1.82) is 0 Å². The van der Waals surface area contributed by atoms with Crippen LogP contribution in [0.4, 0.5) is 9.18 Å². The van der Waals surface area contributed by atoms with Gasteiger partial charge in [0.05, 0.1) is 12.1 Å². The first-order chi connectivity index (χ1) is 9.91. The van der Waals surface area contributed by atoms with Crippen molar-refractivity contribution >= 4 is 12.1 Å². The van der Waals surface area contributed by atoms with Crippen LogP contribution in [0.15, 0.2) is 24.3 Å². The van der Waals surface area contributed by atoms with Crippen LogP contribution in [0.5, 0.6) is 0 Å². The van der Waals surface area contributed by atoms with Crippen LogP contribution in [0.3, 0.4) is 0 Å². The first-order valence-electron chi connectivity index (χ1n) is 6.88. The Morgan fingerprint density at radius 3 is 2.57 bits per heavy atom. The fourth-order valence-corrected chi connectivity index (χ4v) is 2.62. The fraction of sp³-hybridized carbons (Fsp3) is 0.467. The average molecular weight is 295 g/mol. The molecule has 0 aliphatic carbocycles. The van der Waals surface area contributed by atoms with Crippen molar-refractivity contribution in [3.05, 3.63) is 35.6 Å². The van der Waals surface area contributed by atoms with Gasteiger partial charge in [-0.05, 0) is 32.8 Å². The molecule has 5 nitrogen and oxygen atoms in total. The average Bonchev–Trinajstić information content (AvgIpc) is 2.83. The second kappa shape index (κ2) is 6.11. The zero-order chi connectivity index (χ0) is 15.6. The predicted octanol–water partition coefficient (Wildman–Crippen LogP) is 2.96. The quantitative estimate of drug-likeness (QED) is 0.931. The van der Waals surface area contributed by atoms with Gasteiger partial charge >= 0.3 is 12.1 Å². The number of benzene rings is 1. The topological polar surface area (TPSA) is 66.8 Å². The zero-order valence-electron chi connectivity index (χ0n) is 12.0. The number of nitrogens with zero attached hydrogens (tertiary/aromatic N) is 1. The maximum absolute atomic E-state index is 13.9. The summed E-state index contributed by atoms with van der Waals surface area (Å²) in [7, 11) is 0. The molecule has 1 amide bonds. The minimum Gasteiger partial charge on any atom is -0.480 e. The van der Waals surface area contributed by atoms with E-state index in [1.54, 1.807) is 32.0 Å². The lowest BCUT2D eigenvalue weighted by molar-refractivity contribution is -0.142. The van der Waals surface area contributed by atoms with Crippen molar-refractivity contribution in [2.75, 3.05) is 0 Å². The van der Waals surface area contributed by atoms with Gasteiger partial charge < -0.3 is 9.84 Å². The van der Waals surface area contributed by atoms with Crippen LogP contribution in [0, 0.1) is 5.82 Å². The number of halogens is 1. The Labute approximate surface area is 122 Å². The van der Waals surface area contributed by atoms with E-state index in [4.69, 9.17) is 4.74 Å². The Hall–Kier alpha value is -2.11. The van der Waals surface area contributed by atoms with Crippen LogP contribution >= 0.6 is 0 Å². The van der Waals surface area contributed by atoms with E-state index < -0.39 is 30.0 Å². The molecule has 0 bridgehead atoms. The molecule has 0 radical (unpaired) electrons.